The van der Waals surface area contributed by atoms with Gasteiger partial charge < -0.3 is 4.57 Å². The lowest BCUT2D eigenvalue weighted by Crippen LogP contribution is -2.11. The van der Waals surface area contributed by atoms with Gasteiger partial charge in [0.2, 0.25) is 5.95 Å². The van der Waals surface area contributed by atoms with Gasteiger partial charge in [-0.15, -0.1) is 0 Å². The number of allylic oxidation sites excluding steroid dienone is 4. The van der Waals surface area contributed by atoms with Crippen molar-refractivity contribution in [2.75, 3.05) is 0 Å². The Labute approximate surface area is 196 Å². The van der Waals surface area contributed by atoms with Crippen LogP contribution in [0.4, 0.5) is 0 Å². The summed E-state index contributed by atoms with van der Waals surface area (Å²) in [6, 6.07) is 25.2. The summed E-state index contributed by atoms with van der Waals surface area (Å²) < 4.78 is 4.55. The molecular formula is C29H21N5. The predicted molar refractivity (Wildman–Crippen MR) is 137 cm³/mol. The number of aromatic nitrogens is 5. The molecule has 1 aliphatic carbocycles. The Bertz CT molecular complexity index is 1740. The molecule has 0 N–H and O–H groups in total. The van der Waals surface area contributed by atoms with Crippen LogP contribution >= 0.6 is 0 Å². The van der Waals surface area contributed by atoms with Gasteiger partial charge in [-0.2, -0.15) is 0 Å². The summed E-state index contributed by atoms with van der Waals surface area (Å²) in [4.78, 5) is 14.5. The summed E-state index contributed by atoms with van der Waals surface area (Å²) in [7, 11) is 0. The molecule has 0 saturated heterocycles. The zero-order chi connectivity index (χ0) is 22.5. The molecule has 0 bridgehead atoms. The maximum Gasteiger partial charge on any atom is 0.237 e. The molecule has 5 heteroatoms. The Kier molecular flexibility index (Phi) is 4.21. The van der Waals surface area contributed by atoms with Gasteiger partial charge in [0.25, 0.3) is 0 Å². The van der Waals surface area contributed by atoms with Gasteiger partial charge in [0.1, 0.15) is 11.3 Å². The van der Waals surface area contributed by atoms with E-state index >= 15 is 0 Å². The lowest BCUT2D eigenvalue weighted by molar-refractivity contribution is 0.638. The fraction of sp³-hybridized carbons (Fsp3) is 0.0690. The van der Waals surface area contributed by atoms with Gasteiger partial charge in [-0.3, -0.25) is 0 Å². The van der Waals surface area contributed by atoms with Crippen LogP contribution in [-0.4, -0.2) is 24.1 Å². The van der Waals surface area contributed by atoms with Gasteiger partial charge in [-0.1, -0.05) is 72.8 Å². The quantitative estimate of drug-likeness (QED) is 0.310. The summed E-state index contributed by atoms with van der Waals surface area (Å²) in [6.07, 6.45) is 13.3. The van der Waals surface area contributed by atoms with Crippen LogP contribution in [0.25, 0.3) is 50.2 Å². The van der Waals surface area contributed by atoms with E-state index in [0.29, 0.717) is 5.95 Å². The average molecular weight is 440 g/mol. The normalized spacial score (nSPS) is 15.6. The van der Waals surface area contributed by atoms with Crippen molar-refractivity contribution in [3.8, 4) is 17.2 Å². The van der Waals surface area contributed by atoms with Gasteiger partial charge in [0.15, 0.2) is 0 Å². The monoisotopic (exact) mass is 439 g/mol. The van der Waals surface area contributed by atoms with Crippen LogP contribution in [0.1, 0.15) is 12.5 Å². The van der Waals surface area contributed by atoms with Crippen molar-refractivity contribution in [1.29, 1.82) is 0 Å². The summed E-state index contributed by atoms with van der Waals surface area (Å²) in [6.45, 7) is 0. The molecule has 1 aliphatic rings. The lowest BCUT2D eigenvalue weighted by Gasteiger charge is -2.19. The standard InChI is InChI=1S/C29H21N5/c1-3-10-20(11-4-1)24-17-19-31-29(32-24)34-27-23(15-9-18-30-27)26-22-14-7-8-16-25(22)33(28(26)34)21-12-5-2-6-13-21/h1-12,14-19,21H,13H2. The van der Waals surface area contributed by atoms with E-state index in [1.807, 2.05) is 42.7 Å². The van der Waals surface area contributed by atoms with Crippen LogP contribution in [0.2, 0.25) is 0 Å². The molecular weight excluding hydrogens is 418 g/mol. The van der Waals surface area contributed by atoms with Crippen molar-refractivity contribution >= 4 is 33.0 Å². The van der Waals surface area contributed by atoms with Crippen LogP contribution in [0, 0.1) is 0 Å². The minimum absolute atomic E-state index is 0.202. The van der Waals surface area contributed by atoms with Crippen LogP contribution in [0.5, 0.6) is 0 Å². The summed E-state index contributed by atoms with van der Waals surface area (Å²) in [5.74, 6) is 0.624. The van der Waals surface area contributed by atoms with Crippen molar-refractivity contribution in [2.24, 2.45) is 0 Å². The minimum atomic E-state index is 0.202. The second-order valence-electron chi connectivity index (χ2n) is 8.52. The van der Waals surface area contributed by atoms with E-state index in [-0.39, 0.29) is 6.04 Å². The Morgan fingerprint density at radius 3 is 2.50 bits per heavy atom. The first-order valence-electron chi connectivity index (χ1n) is 11.5. The molecule has 0 spiro atoms. The molecule has 0 fully saturated rings. The van der Waals surface area contributed by atoms with E-state index in [0.717, 1.165) is 34.4 Å². The third-order valence-electron chi connectivity index (χ3n) is 6.57. The highest BCUT2D eigenvalue weighted by Gasteiger charge is 2.25. The van der Waals surface area contributed by atoms with Crippen LogP contribution in [0.15, 0.2) is 109 Å². The van der Waals surface area contributed by atoms with Gasteiger partial charge >= 0.3 is 0 Å². The molecule has 1 unspecified atom stereocenters. The van der Waals surface area contributed by atoms with E-state index in [9.17, 15) is 0 Å². The third-order valence-corrected chi connectivity index (χ3v) is 6.57. The SMILES string of the molecule is C1=CCC(n2c3ccccc3c3c4cccnc4n(-c4nccc(-c5ccccc5)n4)c32)C=C1. The molecule has 34 heavy (non-hydrogen) atoms. The number of pyridine rings is 1. The summed E-state index contributed by atoms with van der Waals surface area (Å²) in [5, 5.41) is 3.52. The topological polar surface area (TPSA) is 48.5 Å². The van der Waals surface area contributed by atoms with Gasteiger partial charge in [0.05, 0.1) is 17.3 Å². The molecule has 0 aliphatic heterocycles. The Morgan fingerprint density at radius 1 is 0.765 bits per heavy atom. The summed E-state index contributed by atoms with van der Waals surface area (Å²) in [5.41, 5.74) is 5.10. The smallest absolute Gasteiger partial charge is 0.237 e. The molecule has 7 rings (SSSR count). The van der Waals surface area contributed by atoms with E-state index in [4.69, 9.17) is 15.0 Å². The van der Waals surface area contributed by atoms with Crippen molar-refractivity contribution in [2.45, 2.75) is 12.5 Å². The van der Waals surface area contributed by atoms with Crippen LogP contribution in [-0.2, 0) is 0 Å². The first kappa shape index (κ1) is 19.0. The third kappa shape index (κ3) is 2.77. The highest BCUT2D eigenvalue weighted by molar-refractivity contribution is 6.21. The first-order valence-corrected chi connectivity index (χ1v) is 11.5. The molecule has 0 amide bonds. The van der Waals surface area contributed by atoms with Crippen molar-refractivity contribution in [3.05, 3.63) is 109 Å². The van der Waals surface area contributed by atoms with Crippen molar-refractivity contribution in [3.63, 3.8) is 0 Å². The highest BCUT2D eigenvalue weighted by atomic mass is 15.2. The van der Waals surface area contributed by atoms with E-state index < -0.39 is 0 Å². The van der Waals surface area contributed by atoms with Gasteiger partial charge in [-0.25, -0.2) is 19.5 Å². The molecule has 5 nitrogen and oxygen atoms in total. The molecule has 2 aromatic carbocycles. The number of para-hydroxylation sites is 1. The average Bonchev–Trinajstić information content (AvgIpc) is 3.42. The molecule has 4 heterocycles. The van der Waals surface area contributed by atoms with E-state index in [1.165, 1.54) is 16.3 Å². The highest BCUT2D eigenvalue weighted by Crippen LogP contribution is 2.40. The number of rotatable bonds is 3. The number of hydrogen-bond donors (Lipinski definition) is 0. The van der Waals surface area contributed by atoms with Crippen LogP contribution < -0.4 is 0 Å². The molecule has 162 valence electrons. The molecule has 0 saturated carbocycles. The number of nitrogens with zero attached hydrogens (tertiary/aromatic N) is 5. The molecule has 4 aromatic heterocycles. The largest absolute Gasteiger partial charge is 0.319 e. The molecule has 6 aromatic rings. The minimum Gasteiger partial charge on any atom is -0.319 e. The predicted octanol–water partition coefficient (Wildman–Crippen LogP) is 6.65. The van der Waals surface area contributed by atoms with Crippen LogP contribution in [0.3, 0.4) is 0 Å². The zero-order valence-corrected chi connectivity index (χ0v) is 18.4. The zero-order valence-electron chi connectivity index (χ0n) is 18.4. The first-order chi connectivity index (χ1) is 16.9. The second kappa shape index (κ2) is 7.52. The van der Waals surface area contributed by atoms with Gasteiger partial charge in [-0.05, 0) is 30.7 Å². The lowest BCUT2D eigenvalue weighted by atomic mass is 10.1. The second-order valence-corrected chi connectivity index (χ2v) is 8.52. The maximum absolute atomic E-state index is 5.01. The Balaban J connectivity index is 1.61. The fourth-order valence-electron chi connectivity index (χ4n) is 5.12. The number of hydrogen-bond acceptors (Lipinski definition) is 3. The summed E-state index contributed by atoms with van der Waals surface area (Å²) >= 11 is 0. The molecule has 1 atom stereocenters. The van der Waals surface area contributed by atoms with E-state index in [1.54, 1.807) is 0 Å². The van der Waals surface area contributed by atoms with Gasteiger partial charge in [0, 0.05) is 34.1 Å². The fourth-order valence-corrected chi connectivity index (χ4v) is 5.12. The Morgan fingerprint density at radius 2 is 1.62 bits per heavy atom. The van der Waals surface area contributed by atoms with Crippen molar-refractivity contribution in [1.82, 2.24) is 24.1 Å². The maximum atomic E-state index is 5.01. The van der Waals surface area contributed by atoms with E-state index in [2.05, 4.69) is 75.9 Å². The molecule has 0 radical (unpaired) electrons. The number of benzene rings is 2. The number of fused-ring (bicyclic) bond motifs is 5. The Hall–Kier alpha value is -4.51. The van der Waals surface area contributed by atoms with Crippen molar-refractivity contribution < 1.29 is 0 Å².